The Kier molecular flexibility index (Phi) is 14.4. The Hall–Kier alpha value is -2.66. The van der Waals surface area contributed by atoms with Crippen LogP contribution < -0.4 is 10.2 Å². The molecule has 0 aliphatic carbocycles. The number of carbonyl (C=O) groups is 2. The lowest BCUT2D eigenvalue weighted by Gasteiger charge is -2.39. The smallest absolute Gasteiger partial charge is 0.261 e. The fourth-order valence-corrected chi connectivity index (χ4v) is 5.23. The second-order valence-electron chi connectivity index (χ2n) is 12.1. The Labute approximate surface area is 263 Å². The Bertz CT molecular complexity index is 1290. The molecule has 0 aromatic heterocycles. The highest BCUT2D eigenvalue weighted by Crippen LogP contribution is 2.32. The van der Waals surface area contributed by atoms with Crippen LogP contribution in [0.5, 0.6) is 0 Å². The summed E-state index contributed by atoms with van der Waals surface area (Å²) in [6.45, 7) is 12.2. The molecule has 0 unspecified atom stereocenters. The van der Waals surface area contributed by atoms with Crippen molar-refractivity contribution in [2.45, 2.75) is 53.0 Å². The van der Waals surface area contributed by atoms with Crippen LogP contribution in [-0.2, 0) is 26.1 Å². The van der Waals surface area contributed by atoms with E-state index in [0.29, 0.717) is 43.1 Å². The average molecular weight is 637 g/mol. The van der Waals surface area contributed by atoms with Gasteiger partial charge in [0, 0.05) is 55.8 Å². The van der Waals surface area contributed by atoms with Gasteiger partial charge in [-0.1, -0.05) is 62.2 Å². The Morgan fingerprint density at radius 2 is 1.60 bits per heavy atom. The Morgan fingerprint density at radius 1 is 1.02 bits per heavy atom. The van der Waals surface area contributed by atoms with Crippen molar-refractivity contribution < 1.29 is 22.6 Å². The van der Waals surface area contributed by atoms with Gasteiger partial charge in [0.25, 0.3) is 10.1 Å². The van der Waals surface area contributed by atoms with Gasteiger partial charge in [-0.05, 0) is 69.1 Å². The lowest BCUT2D eigenvalue weighted by molar-refractivity contribution is -0.135. The van der Waals surface area contributed by atoms with Gasteiger partial charge in [-0.3, -0.25) is 14.1 Å². The SMILES string of the molecule is CS(=O)(=O)O.Cc1ccc(N2CCN(C(=O)[C@H](C)Cc3ccc(Cl)cc3)CC2)c([C@H](CC(C)C)NC(=O)CCN(C)C)c1. The molecule has 1 fully saturated rings. The van der Waals surface area contributed by atoms with Crippen molar-refractivity contribution in [3.8, 4) is 0 Å². The summed E-state index contributed by atoms with van der Waals surface area (Å²) in [5.41, 5.74) is 4.65. The van der Waals surface area contributed by atoms with Crippen molar-refractivity contribution in [2.24, 2.45) is 11.8 Å². The number of carbonyl (C=O) groups excluding carboxylic acids is 2. The largest absolute Gasteiger partial charge is 0.368 e. The standard InChI is InChI=1S/C31H45ClN4O2.CH4O3S/c1-22(2)19-28(33-30(37)13-14-34(5)6)27-20-23(3)7-12-29(27)35-15-17-36(18-16-35)31(38)24(4)21-25-8-10-26(32)11-9-25;1-5(2,3)4/h7-12,20,22,24,28H,13-19,21H2,1-6H3,(H,33,37);1H3,(H,2,3,4)/t24-,28+;/m1./s1. The van der Waals surface area contributed by atoms with Gasteiger partial charge in [0.05, 0.1) is 12.3 Å². The van der Waals surface area contributed by atoms with Gasteiger partial charge in [0.1, 0.15) is 0 Å². The van der Waals surface area contributed by atoms with Crippen LogP contribution in [0.15, 0.2) is 42.5 Å². The highest BCUT2D eigenvalue weighted by Gasteiger charge is 2.28. The van der Waals surface area contributed by atoms with Crippen LogP contribution >= 0.6 is 11.6 Å². The first-order valence-corrected chi connectivity index (χ1v) is 17.0. The quantitative estimate of drug-likeness (QED) is 0.340. The Balaban J connectivity index is 0.00000119. The zero-order chi connectivity index (χ0) is 32.3. The molecule has 9 nitrogen and oxygen atoms in total. The molecule has 2 amide bonds. The molecular weight excluding hydrogens is 588 g/mol. The maximum Gasteiger partial charge on any atom is 0.261 e. The number of nitrogens with one attached hydrogen (secondary N) is 1. The molecule has 240 valence electrons. The first kappa shape index (κ1) is 36.5. The monoisotopic (exact) mass is 636 g/mol. The summed E-state index contributed by atoms with van der Waals surface area (Å²) in [6.07, 6.45) is 2.79. The van der Waals surface area contributed by atoms with Crippen molar-refractivity contribution >= 4 is 39.2 Å². The Morgan fingerprint density at radius 3 is 2.14 bits per heavy atom. The molecule has 2 N–H and O–H groups in total. The van der Waals surface area contributed by atoms with Crippen LogP contribution in [0.4, 0.5) is 5.69 Å². The van der Waals surface area contributed by atoms with Gasteiger partial charge >= 0.3 is 0 Å². The van der Waals surface area contributed by atoms with Crippen molar-refractivity contribution in [1.82, 2.24) is 15.1 Å². The number of aryl methyl sites for hydroxylation is 1. The van der Waals surface area contributed by atoms with Crippen LogP contribution in [0.1, 0.15) is 56.3 Å². The van der Waals surface area contributed by atoms with Gasteiger partial charge in [-0.2, -0.15) is 8.42 Å². The fraction of sp³-hybridized carbons (Fsp3) is 0.562. The minimum Gasteiger partial charge on any atom is -0.368 e. The summed E-state index contributed by atoms with van der Waals surface area (Å²) in [6, 6.07) is 14.3. The summed E-state index contributed by atoms with van der Waals surface area (Å²) in [7, 11) is 0.306. The molecule has 1 aliphatic rings. The summed E-state index contributed by atoms with van der Waals surface area (Å²) >= 11 is 6.01. The van der Waals surface area contributed by atoms with Gasteiger partial charge in [-0.15, -0.1) is 0 Å². The number of hydrogen-bond donors (Lipinski definition) is 2. The van der Waals surface area contributed by atoms with Crippen molar-refractivity contribution in [1.29, 1.82) is 0 Å². The van der Waals surface area contributed by atoms with E-state index in [0.717, 1.165) is 37.3 Å². The van der Waals surface area contributed by atoms with E-state index >= 15 is 0 Å². The van der Waals surface area contributed by atoms with E-state index in [1.807, 2.05) is 55.1 Å². The van der Waals surface area contributed by atoms with E-state index in [4.69, 9.17) is 16.2 Å². The summed E-state index contributed by atoms with van der Waals surface area (Å²) < 4.78 is 25.9. The summed E-state index contributed by atoms with van der Waals surface area (Å²) in [5.74, 6) is 0.654. The van der Waals surface area contributed by atoms with Gasteiger partial charge in [0.2, 0.25) is 11.8 Å². The molecule has 2 atom stereocenters. The minimum absolute atomic E-state index is 0.0429. The number of piperazine rings is 1. The highest BCUT2D eigenvalue weighted by atomic mass is 35.5. The number of halogens is 1. The third-order valence-corrected chi connectivity index (χ3v) is 7.45. The molecule has 2 aromatic carbocycles. The molecule has 0 bridgehead atoms. The molecule has 2 aromatic rings. The fourth-order valence-electron chi connectivity index (χ4n) is 5.11. The molecule has 3 rings (SSSR count). The topological polar surface area (TPSA) is 110 Å². The maximum absolute atomic E-state index is 13.2. The first-order valence-electron chi connectivity index (χ1n) is 14.8. The lowest BCUT2D eigenvalue weighted by Crippen LogP contribution is -2.50. The molecule has 43 heavy (non-hydrogen) atoms. The van der Waals surface area contributed by atoms with Crippen LogP contribution in [0.2, 0.25) is 5.02 Å². The number of benzene rings is 2. The zero-order valence-electron chi connectivity index (χ0n) is 26.6. The van der Waals surface area contributed by atoms with E-state index in [2.05, 4.69) is 49.2 Å². The average Bonchev–Trinajstić information content (AvgIpc) is 2.91. The van der Waals surface area contributed by atoms with E-state index in [1.165, 1.54) is 11.1 Å². The van der Waals surface area contributed by atoms with E-state index in [9.17, 15) is 18.0 Å². The third-order valence-electron chi connectivity index (χ3n) is 7.20. The number of nitrogens with zero attached hydrogens (tertiary/aromatic N) is 3. The van der Waals surface area contributed by atoms with Crippen LogP contribution in [0.25, 0.3) is 0 Å². The second-order valence-corrected chi connectivity index (χ2v) is 14.0. The van der Waals surface area contributed by atoms with Crippen molar-refractivity contribution in [3.05, 3.63) is 64.2 Å². The zero-order valence-corrected chi connectivity index (χ0v) is 28.2. The van der Waals surface area contributed by atoms with Crippen molar-refractivity contribution in [3.63, 3.8) is 0 Å². The lowest BCUT2D eigenvalue weighted by atomic mass is 9.93. The third kappa shape index (κ3) is 13.7. The molecule has 11 heteroatoms. The minimum atomic E-state index is -3.67. The normalized spacial score (nSPS) is 15.1. The molecular formula is C32H49ClN4O5S. The number of amides is 2. The molecule has 0 radical (unpaired) electrons. The first-order chi connectivity index (χ1) is 20.0. The second kappa shape index (κ2) is 17.0. The van der Waals surface area contributed by atoms with Crippen LogP contribution in [-0.4, -0.2) is 87.7 Å². The molecule has 1 heterocycles. The summed E-state index contributed by atoms with van der Waals surface area (Å²) in [5, 5.41) is 4.04. The number of anilines is 1. The number of hydrogen-bond acceptors (Lipinski definition) is 6. The molecule has 0 spiro atoms. The molecule has 1 saturated heterocycles. The predicted molar refractivity (Wildman–Crippen MR) is 175 cm³/mol. The molecule has 0 saturated carbocycles. The highest BCUT2D eigenvalue weighted by molar-refractivity contribution is 7.85. The molecule has 1 aliphatic heterocycles. The van der Waals surface area contributed by atoms with Crippen molar-refractivity contribution in [2.75, 3.05) is 58.0 Å². The summed E-state index contributed by atoms with van der Waals surface area (Å²) in [4.78, 5) is 32.4. The van der Waals surface area contributed by atoms with Gasteiger partial charge < -0.3 is 20.0 Å². The van der Waals surface area contributed by atoms with Gasteiger partial charge in [0.15, 0.2) is 0 Å². The number of rotatable bonds is 11. The maximum atomic E-state index is 13.2. The van der Waals surface area contributed by atoms with E-state index < -0.39 is 10.1 Å². The van der Waals surface area contributed by atoms with E-state index in [1.54, 1.807) is 0 Å². The van der Waals surface area contributed by atoms with Crippen LogP contribution in [0.3, 0.4) is 0 Å². The predicted octanol–water partition coefficient (Wildman–Crippen LogP) is 4.83. The van der Waals surface area contributed by atoms with Crippen LogP contribution in [0, 0.1) is 18.8 Å². The van der Waals surface area contributed by atoms with Gasteiger partial charge in [-0.25, -0.2) is 0 Å². The van der Waals surface area contributed by atoms with E-state index in [-0.39, 0.29) is 23.8 Å².